The SMILES string of the molecule is Cc1noc(C)c1CN1C[C@@H]2CCCN[C@@H]2C1. The molecule has 1 N–H and O–H groups in total. The monoisotopic (exact) mass is 235 g/mol. The largest absolute Gasteiger partial charge is 0.361 e. The summed E-state index contributed by atoms with van der Waals surface area (Å²) in [5, 5.41) is 7.67. The van der Waals surface area contributed by atoms with Crippen LogP contribution in [0.4, 0.5) is 0 Å². The third-order valence-corrected chi connectivity index (χ3v) is 4.24. The van der Waals surface area contributed by atoms with E-state index in [2.05, 4.69) is 15.4 Å². The molecule has 4 nitrogen and oxygen atoms in total. The summed E-state index contributed by atoms with van der Waals surface area (Å²) >= 11 is 0. The molecule has 2 fully saturated rings. The Morgan fingerprint density at radius 3 is 3.00 bits per heavy atom. The van der Waals surface area contributed by atoms with Gasteiger partial charge >= 0.3 is 0 Å². The van der Waals surface area contributed by atoms with Gasteiger partial charge in [0.05, 0.1) is 5.69 Å². The molecule has 0 spiro atoms. The normalized spacial score (nSPS) is 29.5. The van der Waals surface area contributed by atoms with E-state index < -0.39 is 0 Å². The van der Waals surface area contributed by atoms with Crippen molar-refractivity contribution in [1.82, 2.24) is 15.4 Å². The Hall–Kier alpha value is -0.870. The molecular weight excluding hydrogens is 214 g/mol. The second kappa shape index (κ2) is 4.42. The number of nitrogens with zero attached hydrogens (tertiary/aromatic N) is 2. The van der Waals surface area contributed by atoms with Gasteiger partial charge in [0.15, 0.2) is 0 Å². The molecule has 1 aromatic heterocycles. The van der Waals surface area contributed by atoms with Crippen LogP contribution in [0.5, 0.6) is 0 Å². The van der Waals surface area contributed by atoms with Crippen molar-refractivity contribution >= 4 is 0 Å². The fourth-order valence-corrected chi connectivity index (χ4v) is 3.22. The van der Waals surface area contributed by atoms with Crippen LogP contribution in [0.1, 0.15) is 29.9 Å². The predicted molar refractivity (Wildman–Crippen MR) is 65.8 cm³/mol. The summed E-state index contributed by atoms with van der Waals surface area (Å²) in [7, 11) is 0. The summed E-state index contributed by atoms with van der Waals surface area (Å²) in [5.74, 6) is 1.83. The molecule has 0 saturated carbocycles. The fourth-order valence-electron chi connectivity index (χ4n) is 3.22. The maximum absolute atomic E-state index is 5.23. The van der Waals surface area contributed by atoms with Gasteiger partial charge in [-0.1, -0.05) is 5.16 Å². The first-order valence-corrected chi connectivity index (χ1v) is 6.61. The van der Waals surface area contributed by atoms with Crippen LogP contribution in [-0.2, 0) is 6.54 Å². The summed E-state index contributed by atoms with van der Waals surface area (Å²) in [5.41, 5.74) is 2.33. The molecular formula is C13H21N3O. The van der Waals surface area contributed by atoms with Crippen molar-refractivity contribution < 1.29 is 4.52 Å². The first-order valence-electron chi connectivity index (χ1n) is 6.61. The van der Waals surface area contributed by atoms with E-state index in [-0.39, 0.29) is 0 Å². The van der Waals surface area contributed by atoms with Crippen molar-refractivity contribution in [3.05, 3.63) is 17.0 Å². The van der Waals surface area contributed by atoms with Gasteiger partial charge in [-0.3, -0.25) is 4.90 Å². The van der Waals surface area contributed by atoms with Gasteiger partial charge in [0.25, 0.3) is 0 Å². The third kappa shape index (κ3) is 2.11. The lowest BCUT2D eigenvalue weighted by Crippen LogP contribution is -2.40. The van der Waals surface area contributed by atoms with Crippen molar-refractivity contribution in [1.29, 1.82) is 0 Å². The van der Waals surface area contributed by atoms with E-state index in [9.17, 15) is 0 Å². The lowest BCUT2D eigenvalue weighted by Gasteiger charge is -2.24. The third-order valence-electron chi connectivity index (χ3n) is 4.24. The summed E-state index contributed by atoms with van der Waals surface area (Å²) in [4.78, 5) is 2.54. The molecule has 17 heavy (non-hydrogen) atoms. The lowest BCUT2D eigenvalue weighted by molar-refractivity contribution is 0.309. The second-order valence-corrected chi connectivity index (χ2v) is 5.46. The van der Waals surface area contributed by atoms with Crippen LogP contribution in [0.3, 0.4) is 0 Å². The zero-order valence-electron chi connectivity index (χ0n) is 10.7. The van der Waals surface area contributed by atoms with Gasteiger partial charge in [-0.2, -0.15) is 0 Å². The van der Waals surface area contributed by atoms with Crippen molar-refractivity contribution in [2.75, 3.05) is 19.6 Å². The highest BCUT2D eigenvalue weighted by Gasteiger charge is 2.34. The molecule has 2 aliphatic rings. The number of aromatic nitrogens is 1. The molecule has 0 radical (unpaired) electrons. The van der Waals surface area contributed by atoms with Gasteiger partial charge in [0.1, 0.15) is 5.76 Å². The van der Waals surface area contributed by atoms with Gasteiger partial charge in [-0.05, 0) is 39.2 Å². The summed E-state index contributed by atoms with van der Waals surface area (Å²) in [6.45, 7) is 8.64. The van der Waals surface area contributed by atoms with E-state index in [1.807, 2.05) is 13.8 Å². The second-order valence-electron chi connectivity index (χ2n) is 5.46. The van der Waals surface area contributed by atoms with Crippen LogP contribution in [0.15, 0.2) is 4.52 Å². The van der Waals surface area contributed by atoms with E-state index in [1.54, 1.807) is 0 Å². The molecule has 2 saturated heterocycles. The van der Waals surface area contributed by atoms with E-state index in [0.717, 1.165) is 23.9 Å². The number of aryl methyl sites for hydroxylation is 2. The maximum atomic E-state index is 5.23. The number of hydrogen-bond donors (Lipinski definition) is 1. The Kier molecular flexibility index (Phi) is 2.92. The smallest absolute Gasteiger partial charge is 0.138 e. The molecule has 4 heteroatoms. The summed E-state index contributed by atoms with van der Waals surface area (Å²) in [6.07, 6.45) is 2.72. The van der Waals surface area contributed by atoms with Crippen LogP contribution in [0, 0.1) is 19.8 Å². The Labute approximate surface area is 102 Å². The molecule has 0 aromatic carbocycles. The van der Waals surface area contributed by atoms with Crippen LogP contribution in [-0.4, -0.2) is 35.7 Å². The Balaban J connectivity index is 1.67. The molecule has 0 unspecified atom stereocenters. The molecule has 0 bridgehead atoms. The minimum absolute atomic E-state index is 0.712. The summed E-state index contributed by atoms with van der Waals surface area (Å²) < 4.78 is 5.23. The van der Waals surface area contributed by atoms with Crippen molar-refractivity contribution in [3.63, 3.8) is 0 Å². The van der Waals surface area contributed by atoms with E-state index >= 15 is 0 Å². The van der Waals surface area contributed by atoms with Crippen molar-refractivity contribution in [2.24, 2.45) is 5.92 Å². The zero-order chi connectivity index (χ0) is 11.8. The average molecular weight is 235 g/mol. The van der Waals surface area contributed by atoms with Crippen LogP contribution >= 0.6 is 0 Å². The predicted octanol–water partition coefficient (Wildman–Crippen LogP) is 1.48. The minimum atomic E-state index is 0.712. The van der Waals surface area contributed by atoms with Crippen LogP contribution < -0.4 is 5.32 Å². The van der Waals surface area contributed by atoms with Gasteiger partial charge in [0.2, 0.25) is 0 Å². The zero-order valence-corrected chi connectivity index (χ0v) is 10.7. The number of nitrogens with one attached hydrogen (secondary N) is 1. The molecule has 3 heterocycles. The van der Waals surface area contributed by atoms with Crippen molar-refractivity contribution in [3.8, 4) is 0 Å². The fraction of sp³-hybridized carbons (Fsp3) is 0.769. The standard InChI is InChI=1S/C13H21N3O/c1-9-12(10(2)17-15-9)7-16-6-11-4-3-5-14-13(11)8-16/h11,13-14H,3-8H2,1-2H3/t11-,13+/m0/s1. The number of fused-ring (bicyclic) bond motifs is 1. The quantitative estimate of drug-likeness (QED) is 0.843. The van der Waals surface area contributed by atoms with Crippen LogP contribution in [0.2, 0.25) is 0 Å². The van der Waals surface area contributed by atoms with Crippen molar-refractivity contribution in [2.45, 2.75) is 39.3 Å². The topological polar surface area (TPSA) is 41.3 Å². The number of likely N-dealkylation sites (tertiary alicyclic amines) is 1. The lowest BCUT2D eigenvalue weighted by atomic mass is 9.94. The average Bonchev–Trinajstić information content (AvgIpc) is 2.87. The number of rotatable bonds is 2. The highest BCUT2D eigenvalue weighted by atomic mass is 16.5. The first kappa shape index (κ1) is 11.2. The molecule has 2 aliphatic heterocycles. The van der Waals surface area contributed by atoms with Crippen LogP contribution in [0.25, 0.3) is 0 Å². The Bertz CT molecular complexity index is 368. The number of hydrogen-bond acceptors (Lipinski definition) is 4. The van der Waals surface area contributed by atoms with E-state index in [1.165, 1.54) is 38.0 Å². The number of piperidine rings is 1. The first-order chi connectivity index (χ1) is 8.24. The Morgan fingerprint density at radius 1 is 1.41 bits per heavy atom. The highest BCUT2D eigenvalue weighted by Crippen LogP contribution is 2.27. The summed E-state index contributed by atoms with van der Waals surface area (Å²) in [6, 6.07) is 0.712. The van der Waals surface area contributed by atoms with Gasteiger partial charge in [0, 0.05) is 31.2 Å². The maximum Gasteiger partial charge on any atom is 0.138 e. The molecule has 3 rings (SSSR count). The molecule has 2 atom stereocenters. The Morgan fingerprint density at radius 2 is 2.29 bits per heavy atom. The van der Waals surface area contributed by atoms with Gasteiger partial charge < -0.3 is 9.84 Å². The molecule has 0 aliphatic carbocycles. The molecule has 0 amide bonds. The van der Waals surface area contributed by atoms with E-state index in [0.29, 0.717) is 6.04 Å². The minimum Gasteiger partial charge on any atom is -0.361 e. The van der Waals surface area contributed by atoms with Gasteiger partial charge in [-0.25, -0.2) is 0 Å². The highest BCUT2D eigenvalue weighted by molar-refractivity contribution is 5.20. The van der Waals surface area contributed by atoms with Gasteiger partial charge in [-0.15, -0.1) is 0 Å². The van der Waals surface area contributed by atoms with E-state index in [4.69, 9.17) is 4.52 Å². The molecule has 94 valence electrons. The molecule has 1 aromatic rings.